The molecule has 0 spiro atoms. The molecule has 1 amide bonds. The smallest absolute Gasteiger partial charge is 0.265 e. The average molecular weight is 422 g/mol. The molecule has 3 aromatic rings. The zero-order chi connectivity index (χ0) is 21.1. The monoisotopic (exact) mass is 421 g/mol. The molecule has 0 aliphatic carbocycles. The molecule has 5 nitrogen and oxygen atoms in total. The van der Waals surface area contributed by atoms with Crippen LogP contribution in [0, 0.1) is 20.8 Å². The van der Waals surface area contributed by atoms with Crippen LogP contribution in [0.4, 0.5) is 5.69 Å². The van der Waals surface area contributed by atoms with Crippen molar-refractivity contribution in [3.05, 3.63) is 75.2 Å². The summed E-state index contributed by atoms with van der Waals surface area (Å²) in [4.78, 5) is 22.7. The van der Waals surface area contributed by atoms with Gasteiger partial charge in [-0.1, -0.05) is 29.8 Å². The third kappa shape index (κ3) is 4.65. The van der Waals surface area contributed by atoms with Gasteiger partial charge in [-0.3, -0.25) is 4.79 Å². The predicted molar refractivity (Wildman–Crippen MR) is 122 cm³/mol. The van der Waals surface area contributed by atoms with Crippen LogP contribution in [-0.4, -0.2) is 42.0 Å². The third-order valence-corrected chi connectivity index (χ3v) is 6.47. The fraction of sp³-hybridized carbons (Fsp3) is 0.333. The number of carbonyl (C=O) groups is 1. The Bertz CT molecular complexity index is 1020. The molecule has 30 heavy (non-hydrogen) atoms. The number of hydrogen-bond donors (Lipinski definition) is 0. The number of rotatable bonds is 5. The fourth-order valence-corrected chi connectivity index (χ4v) is 4.57. The van der Waals surface area contributed by atoms with Gasteiger partial charge in [0, 0.05) is 31.9 Å². The van der Waals surface area contributed by atoms with E-state index in [1.165, 1.54) is 28.2 Å². The molecule has 1 aliphatic rings. The van der Waals surface area contributed by atoms with Crippen LogP contribution in [0.5, 0.6) is 5.75 Å². The molecule has 0 saturated carbocycles. The van der Waals surface area contributed by atoms with Gasteiger partial charge in [0.15, 0.2) is 0 Å². The molecule has 1 aromatic heterocycles. The van der Waals surface area contributed by atoms with E-state index in [1.54, 1.807) is 0 Å². The number of piperazine rings is 1. The molecule has 0 bridgehead atoms. The van der Waals surface area contributed by atoms with Crippen LogP contribution in [0.25, 0.3) is 0 Å². The fourth-order valence-electron chi connectivity index (χ4n) is 3.63. The second-order valence-corrected chi connectivity index (χ2v) is 8.83. The minimum absolute atomic E-state index is 0.0791. The number of nitrogens with zero attached hydrogens (tertiary/aromatic N) is 3. The number of ether oxygens (including phenoxy) is 1. The molecule has 2 heterocycles. The summed E-state index contributed by atoms with van der Waals surface area (Å²) in [5, 5.41) is 0.829. The number of hydrogen-bond acceptors (Lipinski definition) is 5. The Kier molecular flexibility index (Phi) is 6.04. The second kappa shape index (κ2) is 8.88. The molecular formula is C24H27N3O2S. The first kappa shape index (κ1) is 20.4. The Morgan fingerprint density at radius 3 is 2.43 bits per heavy atom. The topological polar surface area (TPSA) is 45.7 Å². The van der Waals surface area contributed by atoms with Gasteiger partial charge in [-0.2, -0.15) is 0 Å². The van der Waals surface area contributed by atoms with Gasteiger partial charge in [-0.25, -0.2) is 4.98 Å². The molecule has 4 rings (SSSR count). The van der Waals surface area contributed by atoms with Crippen molar-refractivity contribution in [1.82, 2.24) is 9.88 Å². The van der Waals surface area contributed by atoms with Crippen molar-refractivity contribution in [3.8, 4) is 5.75 Å². The van der Waals surface area contributed by atoms with E-state index in [1.807, 2.05) is 43.0 Å². The van der Waals surface area contributed by atoms with Crippen molar-refractivity contribution >= 4 is 22.9 Å². The van der Waals surface area contributed by atoms with Crippen molar-refractivity contribution in [3.63, 3.8) is 0 Å². The third-order valence-electron chi connectivity index (χ3n) is 5.35. The molecule has 2 aromatic carbocycles. The lowest BCUT2D eigenvalue weighted by atomic mass is 10.2. The first-order valence-electron chi connectivity index (χ1n) is 10.3. The molecule has 1 fully saturated rings. The quantitative estimate of drug-likeness (QED) is 0.604. The van der Waals surface area contributed by atoms with Crippen molar-refractivity contribution in [2.45, 2.75) is 27.4 Å². The Balaban J connectivity index is 1.36. The summed E-state index contributed by atoms with van der Waals surface area (Å²) >= 11 is 1.44. The molecule has 0 atom stereocenters. The molecule has 0 N–H and O–H groups in total. The SMILES string of the molecule is Cc1ccc(OCc2nc(C)c(C(=O)N3CCN(c4cccc(C)c4)CC3)s2)cc1. The highest BCUT2D eigenvalue weighted by molar-refractivity contribution is 7.13. The molecule has 1 aliphatic heterocycles. The highest BCUT2D eigenvalue weighted by Crippen LogP contribution is 2.24. The summed E-state index contributed by atoms with van der Waals surface area (Å²) in [5.74, 6) is 0.893. The number of thiazole rings is 1. The van der Waals surface area contributed by atoms with E-state index in [4.69, 9.17) is 4.74 Å². The summed E-state index contributed by atoms with van der Waals surface area (Å²) in [6.07, 6.45) is 0. The van der Waals surface area contributed by atoms with E-state index in [9.17, 15) is 4.79 Å². The molecule has 0 unspecified atom stereocenters. The molecule has 0 radical (unpaired) electrons. The normalized spacial score (nSPS) is 14.1. The Morgan fingerprint density at radius 2 is 1.73 bits per heavy atom. The van der Waals surface area contributed by atoms with Gasteiger partial charge >= 0.3 is 0 Å². The lowest BCUT2D eigenvalue weighted by Crippen LogP contribution is -2.48. The minimum Gasteiger partial charge on any atom is -0.486 e. The average Bonchev–Trinajstić information content (AvgIpc) is 3.13. The number of benzene rings is 2. The van der Waals surface area contributed by atoms with Gasteiger partial charge in [0.25, 0.3) is 5.91 Å². The lowest BCUT2D eigenvalue weighted by Gasteiger charge is -2.36. The second-order valence-electron chi connectivity index (χ2n) is 7.74. The number of carbonyl (C=O) groups excluding carboxylic acids is 1. The highest BCUT2D eigenvalue weighted by atomic mass is 32.1. The zero-order valence-corrected chi connectivity index (χ0v) is 18.5. The first-order chi connectivity index (χ1) is 14.5. The van der Waals surface area contributed by atoms with Crippen LogP contribution in [-0.2, 0) is 6.61 Å². The van der Waals surface area contributed by atoms with E-state index in [-0.39, 0.29) is 5.91 Å². The summed E-state index contributed by atoms with van der Waals surface area (Å²) in [7, 11) is 0. The zero-order valence-electron chi connectivity index (χ0n) is 17.7. The standard InChI is InChI=1S/C24H27N3O2S/c1-17-7-9-21(10-8-17)29-16-22-25-19(3)23(30-22)24(28)27-13-11-26(12-14-27)20-6-4-5-18(2)15-20/h4-10,15H,11-14,16H2,1-3H3. The molecule has 156 valence electrons. The summed E-state index contributed by atoms with van der Waals surface area (Å²) < 4.78 is 5.83. The van der Waals surface area contributed by atoms with Crippen molar-refractivity contribution in [2.75, 3.05) is 31.1 Å². The van der Waals surface area contributed by atoms with Gasteiger partial charge in [0.1, 0.15) is 22.2 Å². The number of anilines is 1. The maximum absolute atomic E-state index is 13.1. The summed E-state index contributed by atoms with van der Waals surface area (Å²) in [5.41, 5.74) is 4.47. The first-order valence-corrected chi connectivity index (χ1v) is 11.1. The summed E-state index contributed by atoms with van der Waals surface area (Å²) in [6, 6.07) is 16.5. The van der Waals surface area contributed by atoms with Crippen molar-refractivity contribution < 1.29 is 9.53 Å². The van der Waals surface area contributed by atoms with E-state index < -0.39 is 0 Å². The Hall–Kier alpha value is -2.86. The van der Waals surface area contributed by atoms with Crippen LogP contribution >= 0.6 is 11.3 Å². The predicted octanol–water partition coefficient (Wildman–Crippen LogP) is 4.61. The molecule has 6 heteroatoms. The Labute approximate surface area is 181 Å². The largest absolute Gasteiger partial charge is 0.486 e. The van der Waals surface area contributed by atoms with Gasteiger partial charge in [0.2, 0.25) is 0 Å². The van der Waals surface area contributed by atoms with Crippen LogP contribution in [0.3, 0.4) is 0 Å². The van der Waals surface area contributed by atoms with Crippen LogP contribution in [0.1, 0.15) is 31.5 Å². The van der Waals surface area contributed by atoms with Crippen molar-refractivity contribution in [2.24, 2.45) is 0 Å². The van der Waals surface area contributed by atoms with Crippen LogP contribution in [0.15, 0.2) is 48.5 Å². The van der Waals surface area contributed by atoms with E-state index in [2.05, 4.69) is 41.1 Å². The molecular weight excluding hydrogens is 394 g/mol. The van der Waals surface area contributed by atoms with E-state index in [0.717, 1.165) is 47.5 Å². The molecule has 1 saturated heterocycles. The van der Waals surface area contributed by atoms with Gasteiger partial charge < -0.3 is 14.5 Å². The van der Waals surface area contributed by atoms with Gasteiger partial charge in [0.05, 0.1) is 5.69 Å². The minimum atomic E-state index is 0.0791. The number of amides is 1. The van der Waals surface area contributed by atoms with Gasteiger partial charge in [-0.05, 0) is 50.6 Å². The number of aryl methyl sites for hydroxylation is 3. The van der Waals surface area contributed by atoms with Crippen LogP contribution < -0.4 is 9.64 Å². The Morgan fingerprint density at radius 1 is 1.00 bits per heavy atom. The number of aromatic nitrogens is 1. The lowest BCUT2D eigenvalue weighted by molar-refractivity contribution is 0.0750. The highest BCUT2D eigenvalue weighted by Gasteiger charge is 2.25. The summed E-state index contributed by atoms with van der Waals surface area (Å²) in [6.45, 7) is 9.57. The maximum Gasteiger partial charge on any atom is 0.265 e. The van der Waals surface area contributed by atoms with Gasteiger partial charge in [-0.15, -0.1) is 11.3 Å². The van der Waals surface area contributed by atoms with Crippen molar-refractivity contribution in [1.29, 1.82) is 0 Å². The maximum atomic E-state index is 13.1. The van der Waals surface area contributed by atoms with Crippen LogP contribution in [0.2, 0.25) is 0 Å². The van der Waals surface area contributed by atoms with E-state index >= 15 is 0 Å². The van der Waals surface area contributed by atoms with E-state index in [0.29, 0.717) is 6.61 Å².